The van der Waals surface area contributed by atoms with E-state index in [0.29, 0.717) is 6.42 Å². The summed E-state index contributed by atoms with van der Waals surface area (Å²) in [4.78, 5) is 37.5. The molecule has 0 aromatic heterocycles. The first-order valence-corrected chi connectivity index (χ1v) is 12.8. The Hall–Kier alpha value is -3.10. The predicted molar refractivity (Wildman–Crippen MR) is 140 cm³/mol. The Morgan fingerprint density at radius 3 is 2.23 bits per heavy atom. The quantitative estimate of drug-likeness (QED) is 0.334. The van der Waals surface area contributed by atoms with Crippen LogP contribution in [0.3, 0.4) is 0 Å². The van der Waals surface area contributed by atoms with Crippen LogP contribution in [0.2, 0.25) is 0 Å². The Labute approximate surface area is 217 Å². The van der Waals surface area contributed by atoms with Gasteiger partial charge in [0.2, 0.25) is 5.91 Å². The molecule has 0 saturated heterocycles. The number of thioether (sulfide) groups is 1. The number of halogens is 1. The molecular formula is C27H26BrNO5S. The molecule has 0 saturated carbocycles. The highest BCUT2D eigenvalue weighted by Crippen LogP contribution is 2.20. The molecule has 0 spiro atoms. The first kappa shape index (κ1) is 26.5. The van der Waals surface area contributed by atoms with E-state index in [9.17, 15) is 19.5 Å². The fourth-order valence-corrected chi connectivity index (χ4v) is 4.44. The Morgan fingerprint density at radius 1 is 0.886 bits per heavy atom. The third kappa shape index (κ3) is 9.58. The van der Waals surface area contributed by atoms with Gasteiger partial charge in [-0.05, 0) is 47.4 Å². The van der Waals surface area contributed by atoms with Crippen molar-refractivity contribution in [1.82, 2.24) is 5.32 Å². The second kappa shape index (κ2) is 13.7. The van der Waals surface area contributed by atoms with E-state index in [4.69, 9.17) is 4.74 Å². The molecule has 182 valence electrons. The normalized spacial score (nSPS) is 11.5. The summed E-state index contributed by atoms with van der Waals surface area (Å²) >= 11 is 4.48. The molecular weight excluding hydrogens is 530 g/mol. The summed E-state index contributed by atoms with van der Waals surface area (Å²) in [6.45, 7) is -0.123. The maximum atomic E-state index is 12.9. The van der Waals surface area contributed by atoms with Crippen molar-refractivity contribution in [2.75, 3.05) is 12.3 Å². The fourth-order valence-electron chi connectivity index (χ4n) is 3.25. The van der Waals surface area contributed by atoms with E-state index in [0.717, 1.165) is 32.9 Å². The highest BCUT2D eigenvalue weighted by Gasteiger charge is 2.22. The molecule has 8 heteroatoms. The van der Waals surface area contributed by atoms with Gasteiger partial charge in [-0.2, -0.15) is 0 Å². The monoisotopic (exact) mass is 555 g/mol. The lowest BCUT2D eigenvalue weighted by Crippen LogP contribution is -2.37. The van der Waals surface area contributed by atoms with Crippen LogP contribution in [0.5, 0.6) is 5.75 Å². The number of phenols is 1. The van der Waals surface area contributed by atoms with Gasteiger partial charge in [0.05, 0.1) is 5.92 Å². The van der Waals surface area contributed by atoms with Crippen molar-refractivity contribution >= 4 is 44.7 Å². The Morgan fingerprint density at radius 2 is 1.54 bits per heavy atom. The maximum Gasteiger partial charge on any atom is 0.325 e. The van der Waals surface area contributed by atoms with Crippen molar-refractivity contribution < 1.29 is 24.2 Å². The summed E-state index contributed by atoms with van der Waals surface area (Å²) in [5.74, 6) is -1.01. The summed E-state index contributed by atoms with van der Waals surface area (Å²) in [5, 5.41) is 12.1. The van der Waals surface area contributed by atoms with E-state index in [2.05, 4.69) is 21.2 Å². The molecule has 35 heavy (non-hydrogen) atoms. The van der Waals surface area contributed by atoms with Crippen LogP contribution < -0.4 is 5.32 Å². The molecule has 6 nitrogen and oxygen atoms in total. The van der Waals surface area contributed by atoms with Gasteiger partial charge in [-0.1, -0.05) is 82.3 Å². The number of benzene rings is 3. The number of rotatable bonds is 11. The number of aromatic hydroxyl groups is 1. The molecule has 1 atom stereocenters. The van der Waals surface area contributed by atoms with E-state index < -0.39 is 11.9 Å². The van der Waals surface area contributed by atoms with Crippen LogP contribution in [-0.2, 0) is 38.6 Å². The van der Waals surface area contributed by atoms with Crippen molar-refractivity contribution in [2.24, 2.45) is 5.92 Å². The first-order chi connectivity index (χ1) is 16.9. The van der Waals surface area contributed by atoms with Gasteiger partial charge in [0.15, 0.2) is 5.12 Å². The van der Waals surface area contributed by atoms with E-state index in [1.165, 1.54) is 0 Å². The lowest BCUT2D eigenvalue weighted by molar-refractivity contribution is -0.145. The summed E-state index contributed by atoms with van der Waals surface area (Å²) in [6, 6.07) is 23.4. The minimum Gasteiger partial charge on any atom is -0.508 e. The van der Waals surface area contributed by atoms with Crippen molar-refractivity contribution in [3.05, 3.63) is 100 Å². The highest BCUT2D eigenvalue weighted by atomic mass is 79.9. The standard InChI is InChI=1S/C27H26BrNO5S/c28-23-10-6-20(7-11-23)15-26(32)35-18-22(14-19-8-12-24(30)13-9-19)27(33)29-16-25(31)34-17-21-4-2-1-3-5-21/h1-13,22,30H,14-18H2,(H,29,33). The zero-order valence-electron chi connectivity index (χ0n) is 19.0. The Kier molecular flexibility index (Phi) is 10.4. The number of amides is 1. The summed E-state index contributed by atoms with van der Waals surface area (Å²) < 4.78 is 6.16. The number of esters is 1. The molecule has 0 bridgehead atoms. The Bertz CT molecular complexity index is 1120. The molecule has 1 unspecified atom stereocenters. The largest absolute Gasteiger partial charge is 0.508 e. The van der Waals surface area contributed by atoms with Crippen LogP contribution >= 0.6 is 27.7 Å². The van der Waals surface area contributed by atoms with Crippen LogP contribution in [0, 0.1) is 5.92 Å². The van der Waals surface area contributed by atoms with E-state index in [1.54, 1.807) is 24.3 Å². The minimum atomic E-state index is -0.541. The number of carbonyl (C=O) groups excluding carboxylic acids is 3. The minimum absolute atomic E-state index is 0.0434. The topological polar surface area (TPSA) is 92.7 Å². The first-order valence-electron chi connectivity index (χ1n) is 11.0. The lowest BCUT2D eigenvalue weighted by atomic mass is 10.00. The van der Waals surface area contributed by atoms with Gasteiger partial charge in [0.1, 0.15) is 18.9 Å². The summed E-state index contributed by atoms with van der Waals surface area (Å²) in [7, 11) is 0. The van der Waals surface area contributed by atoms with Gasteiger partial charge in [0.25, 0.3) is 0 Å². The second-order valence-electron chi connectivity index (χ2n) is 7.92. The van der Waals surface area contributed by atoms with Crippen LogP contribution in [0.4, 0.5) is 0 Å². The van der Waals surface area contributed by atoms with E-state index in [-0.39, 0.29) is 42.1 Å². The van der Waals surface area contributed by atoms with Crippen molar-refractivity contribution in [1.29, 1.82) is 0 Å². The van der Waals surface area contributed by atoms with Crippen LogP contribution in [-0.4, -0.2) is 34.4 Å². The Balaban J connectivity index is 1.54. The molecule has 0 radical (unpaired) electrons. The van der Waals surface area contributed by atoms with Gasteiger partial charge in [0, 0.05) is 16.6 Å². The SMILES string of the molecule is O=C(CNC(=O)C(CSC(=O)Cc1ccc(Br)cc1)Cc1ccc(O)cc1)OCc1ccccc1. The van der Waals surface area contributed by atoms with Crippen LogP contribution in [0.15, 0.2) is 83.3 Å². The molecule has 0 aliphatic heterocycles. The molecule has 0 aliphatic carbocycles. The van der Waals surface area contributed by atoms with E-state index >= 15 is 0 Å². The second-order valence-corrected chi connectivity index (χ2v) is 9.91. The fraction of sp³-hybridized carbons (Fsp3) is 0.222. The number of nitrogens with one attached hydrogen (secondary N) is 1. The average Bonchev–Trinajstić information content (AvgIpc) is 2.87. The van der Waals surface area contributed by atoms with Gasteiger partial charge >= 0.3 is 5.97 Å². The molecule has 0 heterocycles. The maximum absolute atomic E-state index is 12.9. The number of carbonyl (C=O) groups is 3. The van der Waals surface area contributed by atoms with E-state index in [1.807, 2.05) is 54.6 Å². The van der Waals surface area contributed by atoms with Crippen LogP contribution in [0.25, 0.3) is 0 Å². The zero-order valence-corrected chi connectivity index (χ0v) is 21.4. The van der Waals surface area contributed by atoms with Gasteiger partial charge in [-0.3, -0.25) is 14.4 Å². The molecule has 3 aromatic carbocycles. The average molecular weight is 556 g/mol. The molecule has 3 aromatic rings. The van der Waals surface area contributed by atoms with Crippen LogP contribution in [0.1, 0.15) is 16.7 Å². The number of phenolic OH excluding ortho intramolecular Hbond substituents is 1. The van der Waals surface area contributed by atoms with Gasteiger partial charge < -0.3 is 15.2 Å². The van der Waals surface area contributed by atoms with Crippen molar-refractivity contribution in [3.63, 3.8) is 0 Å². The molecule has 2 N–H and O–H groups in total. The van der Waals surface area contributed by atoms with Crippen molar-refractivity contribution in [2.45, 2.75) is 19.4 Å². The number of ether oxygens (including phenoxy) is 1. The zero-order chi connectivity index (χ0) is 25.0. The van der Waals surface area contributed by atoms with Gasteiger partial charge in [-0.25, -0.2) is 0 Å². The third-order valence-corrected chi connectivity index (χ3v) is 6.71. The predicted octanol–water partition coefficient (Wildman–Crippen LogP) is 4.68. The lowest BCUT2D eigenvalue weighted by Gasteiger charge is -2.16. The molecule has 0 aliphatic rings. The third-order valence-electron chi connectivity index (χ3n) is 5.15. The number of hydrogen-bond donors (Lipinski definition) is 2. The summed E-state index contributed by atoms with van der Waals surface area (Å²) in [6.07, 6.45) is 0.626. The smallest absolute Gasteiger partial charge is 0.325 e. The summed E-state index contributed by atoms with van der Waals surface area (Å²) in [5.41, 5.74) is 2.60. The number of hydrogen-bond acceptors (Lipinski definition) is 6. The molecule has 3 rings (SSSR count). The molecule has 0 fully saturated rings. The van der Waals surface area contributed by atoms with Gasteiger partial charge in [-0.15, -0.1) is 0 Å². The highest BCUT2D eigenvalue weighted by molar-refractivity contribution is 9.10. The van der Waals surface area contributed by atoms with Crippen molar-refractivity contribution in [3.8, 4) is 5.75 Å². The molecule has 1 amide bonds.